The molecule has 110 valence electrons. The van der Waals surface area contributed by atoms with Crippen molar-refractivity contribution in [1.29, 1.82) is 0 Å². The van der Waals surface area contributed by atoms with Crippen LogP contribution < -0.4 is 10.1 Å². The Morgan fingerprint density at radius 1 is 1.50 bits per heavy atom. The van der Waals surface area contributed by atoms with E-state index in [1.54, 1.807) is 4.90 Å². The first-order valence-electron chi connectivity index (χ1n) is 7.01. The minimum Gasteiger partial charge on any atom is -0.493 e. The average Bonchev–Trinajstić information content (AvgIpc) is 2.75. The SMILES string of the molecule is CCCOc1ccc(Br)cc1CNC1CCN(C)C1=O. The third kappa shape index (κ3) is 3.73. The molecule has 1 unspecified atom stereocenters. The zero-order chi connectivity index (χ0) is 14.5. The van der Waals surface area contributed by atoms with Crippen molar-refractivity contribution in [2.24, 2.45) is 0 Å². The van der Waals surface area contributed by atoms with Crippen LogP contribution in [0.2, 0.25) is 0 Å². The van der Waals surface area contributed by atoms with Crippen LogP contribution in [0.25, 0.3) is 0 Å². The van der Waals surface area contributed by atoms with Crippen LogP contribution in [0.3, 0.4) is 0 Å². The summed E-state index contributed by atoms with van der Waals surface area (Å²) in [5.41, 5.74) is 1.08. The van der Waals surface area contributed by atoms with Crippen LogP contribution in [0.1, 0.15) is 25.3 Å². The van der Waals surface area contributed by atoms with Crippen molar-refractivity contribution in [1.82, 2.24) is 10.2 Å². The number of hydrogen-bond donors (Lipinski definition) is 1. The summed E-state index contributed by atoms with van der Waals surface area (Å²) in [6.45, 7) is 4.26. The van der Waals surface area contributed by atoms with Crippen LogP contribution in [0.15, 0.2) is 22.7 Å². The lowest BCUT2D eigenvalue weighted by molar-refractivity contribution is -0.128. The van der Waals surface area contributed by atoms with E-state index >= 15 is 0 Å². The van der Waals surface area contributed by atoms with Gasteiger partial charge in [-0.1, -0.05) is 22.9 Å². The molecule has 0 radical (unpaired) electrons. The summed E-state index contributed by atoms with van der Waals surface area (Å²) in [4.78, 5) is 13.6. The summed E-state index contributed by atoms with van der Waals surface area (Å²) >= 11 is 3.48. The number of amides is 1. The van der Waals surface area contributed by atoms with Crippen LogP contribution in [0.4, 0.5) is 0 Å². The normalized spacial score (nSPS) is 18.6. The number of carbonyl (C=O) groups excluding carboxylic acids is 1. The van der Waals surface area contributed by atoms with E-state index in [9.17, 15) is 4.79 Å². The van der Waals surface area contributed by atoms with Gasteiger partial charge in [0, 0.05) is 30.2 Å². The van der Waals surface area contributed by atoms with Crippen molar-refractivity contribution >= 4 is 21.8 Å². The van der Waals surface area contributed by atoms with E-state index in [1.807, 2.05) is 25.2 Å². The Morgan fingerprint density at radius 3 is 2.95 bits per heavy atom. The topological polar surface area (TPSA) is 41.6 Å². The van der Waals surface area contributed by atoms with Gasteiger partial charge in [0.2, 0.25) is 5.91 Å². The van der Waals surface area contributed by atoms with Gasteiger partial charge in [0.05, 0.1) is 12.6 Å². The molecule has 1 aliphatic rings. The van der Waals surface area contributed by atoms with Crippen molar-refractivity contribution in [3.05, 3.63) is 28.2 Å². The molecule has 1 fully saturated rings. The third-order valence-electron chi connectivity index (χ3n) is 3.45. The van der Waals surface area contributed by atoms with Crippen molar-refractivity contribution in [3.8, 4) is 5.75 Å². The third-order valence-corrected chi connectivity index (χ3v) is 3.94. The van der Waals surface area contributed by atoms with E-state index in [-0.39, 0.29) is 11.9 Å². The average molecular weight is 341 g/mol. The number of likely N-dealkylation sites (tertiary alicyclic amines) is 1. The molecule has 1 aromatic rings. The molecule has 1 saturated heterocycles. The molecule has 0 bridgehead atoms. The van der Waals surface area contributed by atoms with E-state index in [1.165, 1.54) is 0 Å². The molecule has 1 atom stereocenters. The lowest BCUT2D eigenvalue weighted by Gasteiger charge is -2.15. The molecule has 5 heteroatoms. The second-order valence-electron chi connectivity index (χ2n) is 5.08. The molecule has 0 aromatic heterocycles. The van der Waals surface area contributed by atoms with E-state index in [0.29, 0.717) is 13.2 Å². The quantitative estimate of drug-likeness (QED) is 0.865. The molecule has 1 heterocycles. The van der Waals surface area contributed by atoms with Crippen molar-refractivity contribution in [3.63, 3.8) is 0 Å². The Balaban J connectivity index is 2.00. The molecule has 20 heavy (non-hydrogen) atoms. The molecule has 2 rings (SSSR count). The highest BCUT2D eigenvalue weighted by molar-refractivity contribution is 9.10. The second-order valence-corrected chi connectivity index (χ2v) is 6.00. The molecular weight excluding hydrogens is 320 g/mol. The summed E-state index contributed by atoms with van der Waals surface area (Å²) in [5.74, 6) is 1.07. The lowest BCUT2D eigenvalue weighted by atomic mass is 10.1. The molecular formula is C15H21BrN2O2. The fraction of sp³-hybridized carbons (Fsp3) is 0.533. The standard InChI is InChI=1S/C15H21BrN2O2/c1-3-8-20-14-5-4-12(16)9-11(14)10-17-13-6-7-18(2)15(13)19/h4-5,9,13,17H,3,6-8,10H2,1-2H3. The number of likely N-dealkylation sites (N-methyl/N-ethyl adjacent to an activating group) is 1. The highest BCUT2D eigenvalue weighted by atomic mass is 79.9. The van der Waals surface area contributed by atoms with Gasteiger partial charge in [-0.2, -0.15) is 0 Å². The predicted molar refractivity (Wildman–Crippen MR) is 82.8 cm³/mol. The second kappa shape index (κ2) is 7.09. The van der Waals surface area contributed by atoms with Gasteiger partial charge in [0.15, 0.2) is 0 Å². The number of benzene rings is 1. The van der Waals surface area contributed by atoms with E-state index in [0.717, 1.165) is 35.2 Å². The fourth-order valence-electron chi connectivity index (χ4n) is 2.28. The van der Waals surface area contributed by atoms with Crippen LogP contribution in [-0.2, 0) is 11.3 Å². The number of nitrogens with one attached hydrogen (secondary N) is 1. The van der Waals surface area contributed by atoms with Gasteiger partial charge in [0.25, 0.3) is 0 Å². The van der Waals surface area contributed by atoms with Gasteiger partial charge in [0.1, 0.15) is 5.75 Å². The Kier molecular flexibility index (Phi) is 5.43. The maximum Gasteiger partial charge on any atom is 0.239 e. The lowest BCUT2D eigenvalue weighted by Crippen LogP contribution is -2.36. The van der Waals surface area contributed by atoms with E-state index in [2.05, 4.69) is 28.2 Å². The van der Waals surface area contributed by atoms with Gasteiger partial charge in [-0.05, 0) is 31.0 Å². The molecule has 0 spiro atoms. The highest BCUT2D eigenvalue weighted by Crippen LogP contribution is 2.24. The van der Waals surface area contributed by atoms with Crippen molar-refractivity contribution in [2.45, 2.75) is 32.4 Å². The minimum absolute atomic E-state index is 0.0713. The van der Waals surface area contributed by atoms with Crippen molar-refractivity contribution < 1.29 is 9.53 Å². The molecule has 1 amide bonds. The number of rotatable bonds is 6. The van der Waals surface area contributed by atoms with Crippen LogP contribution in [-0.4, -0.2) is 37.0 Å². The number of hydrogen-bond acceptors (Lipinski definition) is 3. The smallest absolute Gasteiger partial charge is 0.239 e. The zero-order valence-electron chi connectivity index (χ0n) is 12.0. The molecule has 0 saturated carbocycles. The summed E-state index contributed by atoms with van der Waals surface area (Å²) < 4.78 is 6.77. The predicted octanol–water partition coefficient (Wildman–Crippen LogP) is 2.56. The summed E-state index contributed by atoms with van der Waals surface area (Å²) in [6, 6.07) is 5.92. The minimum atomic E-state index is -0.0713. The Labute approximate surface area is 128 Å². The molecule has 1 aliphatic heterocycles. The Hall–Kier alpha value is -1.07. The first-order chi connectivity index (χ1) is 9.61. The Bertz CT molecular complexity index is 479. The number of halogens is 1. The number of ether oxygens (including phenoxy) is 1. The van der Waals surface area contributed by atoms with E-state index < -0.39 is 0 Å². The van der Waals surface area contributed by atoms with Crippen LogP contribution >= 0.6 is 15.9 Å². The zero-order valence-corrected chi connectivity index (χ0v) is 13.6. The van der Waals surface area contributed by atoms with Crippen molar-refractivity contribution in [2.75, 3.05) is 20.2 Å². The summed E-state index contributed by atoms with van der Waals surface area (Å²) in [7, 11) is 1.85. The van der Waals surface area contributed by atoms with Crippen LogP contribution in [0, 0.1) is 0 Å². The fourth-order valence-corrected chi connectivity index (χ4v) is 2.69. The Morgan fingerprint density at radius 2 is 2.30 bits per heavy atom. The maximum atomic E-state index is 11.9. The summed E-state index contributed by atoms with van der Waals surface area (Å²) in [6.07, 6.45) is 1.85. The first kappa shape index (κ1) is 15.3. The monoisotopic (exact) mass is 340 g/mol. The van der Waals surface area contributed by atoms with Gasteiger partial charge >= 0.3 is 0 Å². The molecule has 1 aromatic carbocycles. The van der Waals surface area contributed by atoms with Gasteiger partial charge < -0.3 is 15.0 Å². The largest absolute Gasteiger partial charge is 0.493 e. The molecule has 1 N–H and O–H groups in total. The maximum absolute atomic E-state index is 11.9. The molecule has 4 nitrogen and oxygen atoms in total. The first-order valence-corrected chi connectivity index (χ1v) is 7.80. The van der Waals surface area contributed by atoms with Gasteiger partial charge in [-0.3, -0.25) is 4.79 Å². The number of carbonyl (C=O) groups is 1. The van der Waals surface area contributed by atoms with Gasteiger partial charge in [-0.25, -0.2) is 0 Å². The number of nitrogens with zero attached hydrogens (tertiary/aromatic N) is 1. The van der Waals surface area contributed by atoms with E-state index in [4.69, 9.17) is 4.74 Å². The highest BCUT2D eigenvalue weighted by Gasteiger charge is 2.28. The van der Waals surface area contributed by atoms with Gasteiger partial charge in [-0.15, -0.1) is 0 Å². The molecule has 0 aliphatic carbocycles. The van der Waals surface area contributed by atoms with Crippen LogP contribution in [0.5, 0.6) is 5.75 Å². The summed E-state index contributed by atoms with van der Waals surface area (Å²) in [5, 5.41) is 3.33.